The number of aliphatic hydroxyl groups excluding tert-OH is 2. The van der Waals surface area contributed by atoms with Crippen molar-refractivity contribution in [2.75, 3.05) is 7.05 Å². The number of rotatable bonds is 1. The van der Waals surface area contributed by atoms with Gasteiger partial charge in [-0.05, 0) is 61.4 Å². The Morgan fingerprint density at radius 2 is 2.00 bits per heavy atom. The molecule has 4 rings (SSSR count). The van der Waals surface area contributed by atoms with Gasteiger partial charge in [0.1, 0.15) is 5.75 Å². The van der Waals surface area contributed by atoms with Crippen LogP contribution in [0.15, 0.2) is 41.2 Å². The van der Waals surface area contributed by atoms with Gasteiger partial charge in [0, 0.05) is 18.0 Å². The van der Waals surface area contributed by atoms with Gasteiger partial charge in [0.25, 0.3) is 0 Å². The number of hydrogen-bond donors (Lipinski definition) is 4. The number of aromatic hydroxyl groups is 1. The van der Waals surface area contributed by atoms with Gasteiger partial charge in [0.2, 0.25) is 0 Å². The van der Waals surface area contributed by atoms with E-state index in [1.807, 2.05) is 20.0 Å². The Morgan fingerprint density at radius 1 is 1.21 bits per heavy atom. The van der Waals surface area contributed by atoms with E-state index in [0.717, 1.165) is 29.6 Å². The SMILES string of the molecule is CN[C@@H]1C=C(C)C(O)C2C(O)=C3Cc4c(O)cccc4CC3CC21. The van der Waals surface area contributed by atoms with Crippen molar-refractivity contribution >= 4 is 0 Å². The summed E-state index contributed by atoms with van der Waals surface area (Å²) in [5.41, 5.74) is 4.03. The van der Waals surface area contributed by atoms with E-state index in [0.29, 0.717) is 17.9 Å². The third kappa shape index (κ3) is 2.20. The van der Waals surface area contributed by atoms with E-state index in [1.54, 1.807) is 6.07 Å². The van der Waals surface area contributed by atoms with Crippen LogP contribution >= 0.6 is 0 Å². The third-order valence-corrected chi connectivity index (χ3v) is 6.28. The van der Waals surface area contributed by atoms with Gasteiger partial charge in [-0.3, -0.25) is 0 Å². The first-order valence-corrected chi connectivity index (χ1v) is 8.76. The van der Waals surface area contributed by atoms with Gasteiger partial charge in [0.05, 0.1) is 17.8 Å². The molecule has 4 heteroatoms. The summed E-state index contributed by atoms with van der Waals surface area (Å²) in [6.07, 6.45) is 3.86. The number of allylic oxidation sites excluding steroid dienone is 1. The molecule has 0 saturated carbocycles. The number of nitrogens with one attached hydrogen (secondary N) is 1. The zero-order valence-electron chi connectivity index (χ0n) is 14.2. The van der Waals surface area contributed by atoms with Gasteiger partial charge in [0.15, 0.2) is 0 Å². The number of hydrogen-bond acceptors (Lipinski definition) is 4. The van der Waals surface area contributed by atoms with E-state index in [9.17, 15) is 15.3 Å². The summed E-state index contributed by atoms with van der Waals surface area (Å²) in [7, 11) is 1.94. The third-order valence-electron chi connectivity index (χ3n) is 6.28. The summed E-state index contributed by atoms with van der Waals surface area (Å²) in [5, 5.41) is 35.2. The van der Waals surface area contributed by atoms with Gasteiger partial charge >= 0.3 is 0 Å². The van der Waals surface area contributed by atoms with Crippen LogP contribution in [0.1, 0.15) is 24.5 Å². The minimum absolute atomic E-state index is 0.174. The quantitative estimate of drug-likeness (QED) is 0.598. The predicted octanol–water partition coefficient (Wildman–Crippen LogP) is 2.46. The van der Waals surface area contributed by atoms with Crippen molar-refractivity contribution in [1.82, 2.24) is 5.32 Å². The summed E-state index contributed by atoms with van der Waals surface area (Å²) < 4.78 is 0. The first-order valence-electron chi connectivity index (χ1n) is 8.76. The van der Waals surface area contributed by atoms with Gasteiger partial charge < -0.3 is 20.6 Å². The van der Waals surface area contributed by atoms with Crippen LogP contribution in [0.25, 0.3) is 0 Å². The Morgan fingerprint density at radius 3 is 2.75 bits per heavy atom. The molecule has 4 nitrogen and oxygen atoms in total. The highest BCUT2D eigenvalue weighted by atomic mass is 16.3. The number of phenolic OH excluding ortho intramolecular Hbond substituents is 1. The van der Waals surface area contributed by atoms with E-state index < -0.39 is 6.10 Å². The lowest BCUT2D eigenvalue weighted by Gasteiger charge is -2.46. The zero-order chi connectivity index (χ0) is 17.0. The molecular weight excluding hydrogens is 302 g/mol. The number of benzene rings is 1. The first kappa shape index (κ1) is 15.7. The van der Waals surface area contributed by atoms with Crippen LogP contribution in [0.5, 0.6) is 5.75 Å². The monoisotopic (exact) mass is 327 g/mol. The fourth-order valence-corrected chi connectivity index (χ4v) is 5.00. The molecule has 24 heavy (non-hydrogen) atoms. The van der Waals surface area contributed by atoms with Crippen LogP contribution in [-0.4, -0.2) is 34.5 Å². The standard InChI is InChI=1S/C20H25NO3/c1-10-6-16(21-2)15-8-12-7-11-4-3-5-17(22)13(11)9-14(12)20(24)18(15)19(10)23/h3-6,12,15-16,18-19,21-24H,7-9H2,1-2H3/t12?,15?,16-,18?,19?/m1/s1. The molecule has 0 aromatic heterocycles. The van der Waals surface area contributed by atoms with E-state index in [2.05, 4.69) is 17.5 Å². The van der Waals surface area contributed by atoms with E-state index in [1.165, 1.54) is 5.56 Å². The lowest BCUT2D eigenvalue weighted by atomic mass is 9.61. The number of phenols is 1. The maximum absolute atomic E-state index is 11.0. The summed E-state index contributed by atoms with van der Waals surface area (Å²) in [5.74, 6) is 0.898. The summed E-state index contributed by atoms with van der Waals surface area (Å²) in [6, 6.07) is 5.85. The van der Waals surface area contributed by atoms with Crippen LogP contribution in [-0.2, 0) is 12.8 Å². The topological polar surface area (TPSA) is 72.7 Å². The fraction of sp³-hybridized carbons (Fsp3) is 0.500. The minimum atomic E-state index is -0.626. The minimum Gasteiger partial charge on any atom is -0.512 e. The van der Waals surface area contributed by atoms with Crippen molar-refractivity contribution in [3.05, 3.63) is 52.3 Å². The maximum Gasteiger partial charge on any atom is 0.119 e. The first-order chi connectivity index (χ1) is 11.5. The van der Waals surface area contributed by atoms with E-state index in [-0.39, 0.29) is 23.8 Å². The van der Waals surface area contributed by atoms with E-state index in [4.69, 9.17) is 0 Å². The van der Waals surface area contributed by atoms with Crippen LogP contribution in [0.3, 0.4) is 0 Å². The smallest absolute Gasteiger partial charge is 0.119 e. The fourth-order valence-electron chi connectivity index (χ4n) is 5.00. The average molecular weight is 327 g/mol. The predicted molar refractivity (Wildman–Crippen MR) is 92.9 cm³/mol. The number of likely N-dealkylation sites (N-methyl/N-ethyl adjacent to an activating group) is 1. The highest BCUT2D eigenvalue weighted by Gasteiger charge is 2.47. The molecule has 0 aliphatic heterocycles. The lowest BCUT2D eigenvalue weighted by molar-refractivity contribution is 0.0503. The Bertz CT molecular complexity index is 736. The molecule has 3 aliphatic carbocycles. The van der Waals surface area contributed by atoms with Crippen molar-refractivity contribution in [2.24, 2.45) is 17.8 Å². The molecule has 5 atom stereocenters. The molecule has 0 bridgehead atoms. The van der Waals surface area contributed by atoms with Gasteiger partial charge in [-0.25, -0.2) is 0 Å². The Hall–Kier alpha value is -1.78. The van der Waals surface area contributed by atoms with Crippen LogP contribution in [0.2, 0.25) is 0 Å². The maximum atomic E-state index is 11.0. The molecule has 0 saturated heterocycles. The highest BCUT2D eigenvalue weighted by molar-refractivity contribution is 5.47. The molecule has 0 radical (unpaired) electrons. The molecule has 4 unspecified atom stereocenters. The van der Waals surface area contributed by atoms with Crippen molar-refractivity contribution in [2.45, 2.75) is 38.3 Å². The van der Waals surface area contributed by atoms with Crippen molar-refractivity contribution in [3.63, 3.8) is 0 Å². The second-order valence-electron chi connectivity index (χ2n) is 7.50. The molecule has 3 aliphatic rings. The molecule has 128 valence electrons. The Labute approximate surface area is 142 Å². The molecule has 4 N–H and O–H groups in total. The largest absolute Gasteiger partial charge is 0.512 e. The number of aliphatic hydroxyl groups is 2. The summed E-state index contributed by atoms with van der Waals surface area (Å²) in [4.78, 5) is 0. The highest BCUT2D eigenvalue weighted by Crippen LogP contribution is 2.49. The lowest BCUT2D eigenvalue weighted by Crippen LogP contribution is -2.49. The Balaban J connectivity index is 1.78. The van der Waals surface area contributed by atoms with Crippen LogP contribution in [0.4, 0.5) is 0 Å². The van der Waals surface area contributed by atoms with Gasteiger partial charge in [-0.1, -0.05) is 18.2 Å². The normalized spacial score (nSPS) is 35.0. The summed E-state index contributed by atoms with van der Waals surface area (Å²) in [6.45, 7) is 1.93. The zero-order valence-corrected chi connectivity index (χ0v) is 14.2. The van der Waals surface area contributed by atoms with Crippen molar-refractivity contribution in [1.29, 1.82) is 0 Å². The second-order valence-corrected chi connectivity index (χ2v) is 7.50. The van der Waals surface area contributed by atoms with Crippen LogP contribution < -0.4 is 5.32 Å². The summed E-state index contributed by atoms with van der Waals surface area (Å²) >= 11 is 0. The van der Waals surface area contributed by atoms with Gasteiger partial charge in [-0.2, -0.15) is 0 Å². The van der Waals surface area contributed by atoms with Crippen molar-refractivity contribution < 1.29 is 15.3 Å². The Kier molecular flexibility index (Phi) is 3.70. The van der Waals surface area contributed by atoms with Crippen molar-refractivity contribution in [3.8, 4) is 5.75 Å². The average Bonchev–Trinajstić information content (AvgIpc) is 2.57. The second kappa shape index (κ2) is 5.64. The molecule has 1 aromatic carbocycles. The van der Waals surface area contributed by atoms with Crippen LogP contribution in [0, 0.1) is 17.8 Å². The van der Waals surface area contributed by atoms with Gasteiger partial charge in [-0.15, -0.1) is 0 Å². The molecule has 0 amide bonds. The van der Waals surface area contributed by atoms with E-state index >= 15 is 0 Å². The molecular formula is C20H25NO3. The molecule has 0 fully saturated rings. The molecule has 0 spiro atoms. The number of fused-ring (bicyclic) bond motifs is 3. The molecule has 1 aromatic rings. The molecule has 0 heterocycles.